The van der Waals surface area contributed by atoms with Crippen molar-refractivity contribution in [2.24, 2.45) is 0 Å². The number of ether oxygens (including phenoxy) is 2. The van der Waals surface area contributed by atoms with E-state index in [1.54, 1.807) is 6.07 Å². The zero-order valence-electron chi connectivity index (χ0n) is 14.7. The Morgan fingerprint density at radius 1 is 0.889 bits per heavy atom. The summed E-state index contributed by atoms with van der Waals surface area (Å²) in [6.45, 7) is 0.720. The van der Waals surface area contributed by atoms with E-state index in [2.05, 4.69) is 5.43 Å². The van der Waals surface area contributed by atoms with Crippen LogP contribution in [0.15, 0.2) is 84.9 Å². The van der Waals surface area contributed by atoms with Crippen molar-refractivity contribution < 1.29 is 14.3 Å². The number of para-hydroxylation sites is 3. The number of amides is 1. The molecular formula is C22H20N2O3. The first-order chi connectivity index (χ1) is 13.3. The van der Waals surface area contributed by atoms with Crippen LogP contribution in [0.25, 0.3) is 0 Å². The molecule has 5 nitrogen and oxygen atoms in total. The van der Waals surface area contributed by atoms with Crippen molar-refractivity contribution in [2.45, 2.75) is 12.6 Å². The zero-order chi connectivity index (χ0) is 18.5. The van der Waals surface area contributed by atoms with E-state index in [1.165, 1.54) is 0 Å². The molecule has 4 rings (SSSR count). The number of fused-ring (bicyclic) bond motifs is 1. The molecule has 1 heterocycles. The highest BCUT2D eigenvalue weighted by atomic mass is 16.6. The van der Waals surface area contributed by atoms with Gasteiger partial charge in [-0.25, -0.2) is 0 Å². The predicted molar refractivity (Wildman–Crippen MR) is 104 cm³/mol. The van der Waals surface area contributed by atoms with Gasteiger partial charge in [0.2, 0.25) is 6.10 Å². The number of hydrazine groups is 1. The molecule has 0 radical (unpaired) electrons. The van der Waals surface area contributed by atoms with Gasteiger partial charge in [0.25, 0.3) is 5.91 Å². The van der Waals surface area contributed by atoms with Gasteiger partial charge in [-0.05, 0) is 29.8 Å². The SMILES string of the molecule is O=C(NN(Cc1ccccc1)c1ccccc1)C1COc2ccccc2O1. The van der Waals surface area contributed by atoms with Crippen molar-refractivity contribution in [1.82, 2.24) is 5.43 Å². The topological polar surface area (TPSA) is 50.8 Å². The second-order valence-electron chi connectivity index (χ2n) is 6.25. The number of hydrogen-bond donors (Lipinski definition) is 1. The number of nitrogens with one attached hydrogen (secondary N) is 1. The summed E-state index contributed by atoms with van der Waals surface area (Å²) in [5, 5.41) is 1.82. The Morgan fingerprint density at radius 3 is 2.26 bits per heavy atom. The fourth-order valence-electron chi connectivity index (χ4n) is 2.92. The lowest BCUT2D eigenvalue weighted by atomic mass is 10.2. The maximum Gasteiger partial charge on any atom is 0.283 e. The van der Waals surface area contributed by atoms with Gasteiger partial charge >= 0.3 is 0 Å². The lowest BCUT2D eigenvalue weighted by Gasteiger charge is -2.30. The van der Waals surface area contributed by atoms with Gasteiger partial charge in [-0.2, -0.15) is 0 Å². The van der Waals surface area contributed by atoms with E-state index < -0.39 is 6.10 Å². The molecule has 0 saturated heterocycles. The molecule has 1 atom stereocenters. The van der Waals surface area contributed by atoms with E-state index in [0.29, 0.717) is 18.0 Å². The molecule has 3 aromatic carbocycles. The van der Waals surface area contributed by atoms with Crippen LogP contribution in [0.1, 0.15) is 5.56 Å². The number of carbonyl (C=O) groups excluding carboxylic acids is 1. The first-order valence-corrected chi connectivity index (χ1v) is 8.85. The minimum absolute atomic E-state index is 0.177. The van der Waals surface area contributed by atoms with Crippen molar-refractivity contribution >= 4 is 11.6 Å². The van der Waals surface area contributed by atoms with Crippen LogP contribution in [-0.4, -0.2) is 18.6 Å². The summed E-state index contributed by atoms with van der Waals surface area (Å²) in [6, 6.07) is 27.1. The molecule has 136 valence electrons. The molecule has 0 fully saturated rings. The minimum atomic E-state index is -0.707. The summed E-state index contributed by atoms with van der Waals surface area (Å²) in [5.41, 5.74) is 4.96. The van der Waals surface area contributed by atoms with Crippen LogP contribution in [0.2, 0.25) is 0 Å². The molecule has 1 unspecified atom stereocenters. The first kappa shape index (κ1) is 17.0. The summed E-state index contributed by atoms with van der Waals surface area (Å²) >= 11 is 0. The Hall–Kier alpha value is -3.47. The van der Waals surface area contributed by atoms with Crippen molar-refractivity contribution in [3.05, 3.63) is 90.5 Å². The number of nitrogens with zero attached hydrogens (tertiary/aromatic N) is 1. The van der Waals surface area contributed by atoms with Gasteiger partial charge in [-0.1, -0.05) is 60.7 Å². The highest BCUT2D eigenvalue weighted by Crippen LogP contribution is 2.31. The number of carbonyl (C=O) groups is 1. The summed E-state index contributed by atoms with van der Waals surface area (Å²) in [5.74, 6) is 0.994. The van der Waals surface area contributed by atoms with Gasteiger partial charge < -0.3 is 9.47 Å². The van der Waals surface area contributed by atoms with E-state index in [-0.39, 0.29) is 12.5 Å². The normalized spacial score (nSPS) is 15.0. The monoisotopic (exact) mass is 360 g/mol. The first-order valence-electron chi connectivity index (χ1n) is 8.85. The minimum Gasteiger partial charge on any atom is -0.485 e. The average Bonchev–Trinajstić information content (AvgIpc) is 2.74. The van der Waals surface area contributed by atoms with E-state index in [4.69, 9.17) is 9.47 Å². The van der Waals surface area contributed by atoms with Crippen LogP contribution in [0.5, 0.6) is 11.5 Å². The molecule has 0 aromatic heterocycles. The molecule has 0 bridgehead atoms. The third-order valence-electron chi connectivity index (χ3n) is 4.30. The lowest BCUT2D eigenvalue weighted by molar-refractivity contribution is -0.130. The summed E-state index contributed by atoms with van der Waals surface area (Å²) in [7, 11) is 0. The van der Waals surface area contributed by atoms with Crippen molar-refractivity contribution in [3.63, 3.8) is 0 Å². The van der Waals surface area contributed by atoms with Gasteiger partial charge in [0.15, 0.2) is 11.5 Å². The third-order valence-corrected chi connectivity index (χ3v) is 4.30. The standard InChI is InChI=1S/C22H20N2O3/c25-22(21-16-26-19-13-7-8-14-20(19)27-21)23-24(18-11-5-2-6-12-18)15-17-9-3-1-4-10-17/h1-14,21H,15-16H2,(H,23,25). The number of hydrogen-bond acceptors (Lipinski definition) is 4. The largest absolute Gasteiger partial charge is 0.485 e. The van der Waals surface area contributed by atoms with Crippen LogP contribution in [0.3, 0.4) is 0 Å². The van der Waals surface area contributed by atoms with E-state index in [1.807, 2.05) is 83.9 Å². The summed E-state index contributed by atoms with van der Waals surface area (Å²) in [6.07, 6.45) is -0.707. The molecule has 3 aromatic rings. The number of benzene rings is 3. The summed E-state index contributed by atoms with van der Waals surface area (Å²) < 4.78 is 11.5. The fraction of sp³-hybridized carbons (Fsp3) is 0.136. The van der Waals surface area contributed by atoms with Gasteiger partial charge in [0, 0.05) is 0 Å². The van der Waals surface area contributed by atoms with Gasteiger partial charge in [0.05, 0.1) is 12.2 Å². The van der Waals surface area contributed by atoms with Gasteiger partial charge in [-0.15, -0.1) is 0 Å². The molecule has 1 amide bonds. The molecule has 0 spiro atoms. The summed E-state index contributed by atoms with van der Waals surface area (Å²) in [4.78, 5) is 12.8. The Bertz CT molecular complexity index is 900. The Balaban J connectivity index is 1.50. The Labute approximate surface area is 158 Å². The van der Waals surface area contributed by atoms with E-state index in [0.717, 1.165) is 11.3 Å². The van der Waals surface area contributed by atoms with Crippen LogP contribution >= 0.6 is 0 Å². The van der Waals surface area contributed by atoms with Crippen molar-refractivity contribution in [3.8, 4) is 11.5 Å². The average molecular weight is 360 g/mol. The van der Waals surface area contributed by atoms with Crippen LogP contribution in [-0.2, 0) is 11.3 Å². The highest BCUT2D eigenvalue weighted by molar-refractivity contribution is 5.83. The second-order valence-corrected chi connectivity index (χ2v) is 6.25. The predicted octanol–water partition coefficient (Wildman–Crippen LogP) is 3.56. The molecule has 27 heavy (non-hydrogen) atoms. The van der Waals surface area contributed by atoms with Crippen LogP contribution < -0.4 is 19.9 Å². The molecule has 1 N–H and O–H groups in total. The van der Waals surface area contributed by atoms with Crippen LogP contribution in [0, 0.1) is 0 Å². The maximum atomic E-state index is 12.8. The lowest BCUT2D eigenvalue weighted by Crippen LogP contribution is -2.51. The maximum absolute atomic E-state index is 12.8. The Morgan fingerprint density at radius 2 is 1.52 bits per heavy atom. The fourth-order valence-corrected chi connectivity index (χ4v) is 2.92. The molecule has 5 heteroatoms. The number of anilines is 1. The Kier molecular flexibility index (Phi) is 4.92. The zero-order valence-corrected chi connectivity index (χ0v) is 14.7. The number of rotatable bonds is 5. The molecule has 1 aliphatic rings. The molecule has 1 aliphatic heterocycles. The quantitative estimate of drug-likeness (QED) is 0.707. The van der Waals surface area contributed by atoms with Crippen molar-refractivity contribution in [2.75, 3.05) is 11.6 Å². The molecular weight excluding hydrogens is 340 g/mol. The highest BCUT2D eigenvalue weighted by Gasteiger charge is 2.28. The van der Waals surface area contributed by atoms with E-state index in [9.17, 15) is 4.79 Å². The molecule has 0 saturated carbocycles. The van der Waals surface area contributed by atoms with E-state index >= 15 is 0 Å². The third kappa shape index (κ3) is 4.03. The van der Waals surface area contributed by atoms with Crippen LogP contribution in [0.4, 0.5) is 5.69 Å². The van der Waals surface area contributed by atoms with Crippen molar-refractivity contribution in [1.29, 1.82) is 0 Å². The molecule has 0 aliphatic carbocycles. The smallest absolute Gasteiger partial charge is 0.283 e. The van der Waals surface area contributed by atoms with Gasteiger partial charge in [-0.3, -0.25) is 15.2 Å². The second kappa shape index (κ2) is 7.83. The van der Waals surface area contributed by atoms with Gasteiger partial charge in [0.1, 0.15) is 6.61 Å².